The van der Waals surface area contributed by atoms with Gasteiger partial charge in [-0.05, 0) is 37.5 Å². The third-order valence-electron chi connectivity index (χ3n) is 3.44. The van der Waals surface area contributed by atoms with E-state index in [0.29, 0.717) is 12.8 Å². The molecule has 1 aliphatic carbocycles. The molecule has 0 atom stereocenters. The van der Waals surface area contributed by atoms with Gasteiger partial charge in [0.1, 0.15) is 17.0 Å². The Labute approximate surface area is 104 Å². The second-order valence-corrected chi connectivity index (χ2v) is 4.76. The average molecular weight is 252 g/mol. The molecule has 0 radical (unpaired) electrons. The lowest BCUT2D eigenvalue weighted by Crippen LogP contribution is -2.45. The van der Waals surface area contributed by atoms with Crippen LogP contribution in [0.2, 0.25) is 0 Å². The first-order chi connectivity index (χ1) is 8.40. The number of hydrogen-bond acceptors (Lipinski definition) is 2. The maximum atomic E-state index is 14.0. The van der Waals surface area contributed by atoms with Crippen molar-refractivity contribution in [3.63, 3.8) is 0 Å². The monoisotopic (exact) mass is 252 g/mol. The molecule has 0 unspecified atom stereocenters. The highest BCUT2D eigenvalue weighted by atomic mass is 19.1. The van der Waals surface area contributed by atoms with Crippen LogP contribution in [0.25, 0.3) is 0 Å². The summed E-state index contributed by atoms with van der Waals surface area (Å²) in [7, 11) is 1.24. The zero-order chi connectivity index (χ0) is 13.5. The van der Waals surface area contributed by atoms with E-state index in [4.69, 9.17) is 4.74 Å². The van der Waals surface area contributed by atoms with Crippen molar-refractivity contribution in [2.75, 3.05) is 7.11 Å². The number of carbonyl (C=O) groups excluding carboxylic acids is 1. The number of hydrogen-bond donors (Lipinski definition) is 0. The zero-order valence-corrected chi connectivity index (χ0v) is 10.3. The van der Waals surface area contributed by atoms with Crippen molar-refractivity contribution in [2.45, 2.75) is 25.2 Å². The predicted octanol–water partition coefficient (Wildman–Crippen LogP) is 3.03. The number of aryl methyl sites for hydroxylation is 1. The quantitative estimate of drug-likeness (QED) is 0.597. The topological polar surface area (TPSA) is 26.3 Å². The minimum absolute atomic E-state index is 0.0600. The number of halogens is 2. The van der Waals surface area contributed by atoms with Gasteiger partial charge >= 0.3 is 5.97 Å². The maximum Gasteiger partial charge on any atom is 0.317 e. The van der Waals surface area contributed by atoms with Gasteiger partial charge in [-0.2, -0.15) is 0 Å². The Morgan fingerprint density at radius 1 is 1.33 bits per heavy atom. The van der Waals surface area contributed by atoms with Gasteiger partial charge in [0.05, 0.1) is 7.11 Å². The van der Waals surface area contributed by atoms with Gasteiger partial charge < -0.3 is 4.74 Å². The van der Waals surface area contributed by atoms with Crippen molar-refractivity contribution in [2.24, 2.45) is 0 Å². The first-order valence-corrected chi connectivity index (χ1v) is 5.62. The number of ether oxygens (including phenoxy) is 1. The molecule has 0 amide bonds. The molecular formula is C14H14F2O2. The van der Waals surface area contributed by atoms with Gasteiger partial charge in [-0.1, -0.05) is 12.2 Å². The van der Waals surface area contributed by atoms with Crippen molar-refractivity contribution in [1.82, 2.24) is 0 Å². The summed E-state index contributed by atoms with van der Waals surface area (Å²) in [5.41, 5.74) is 0.00447. The molecule has 2 nitrogen and oxygen atoms in total. The summed E-state index contributed by atoms with van der Waals surface area (Å²) in [4.78, 5) is 11.9. The zero-order valence-electron chi connectivity index (χ0n) is 10.3. The second-order valence-electron chi connectivity index (χ2n) is 4.76. The van der Waals surface area contributed by atoms with Crippen molar-refractivity contribution >= 4 is 5.97 Å². The van der Waals surface area contributed by atoms with Crippen LogP contribution in [0.4, 0.5) is 8.78 Å². The summed E-state index contributed by atoms with van der Waals surface area (Å²) in [6.45, 7) is 5.22. The molecule has 0 saturated heterocycles. The Bertz CT molecular complexity index is 527. The van der Waals surface area contributed by atoms with Gasteiger partial charge in [0.2, 0.25) is 0 Å². The minimum atomic E-state index is -1.11. The fourth-order valence-electron chi connectivity index (χ4n) is 2.45. The van der Waals surface area contributed by atoms with E-state index in [1.54, 1.807) is 0 Å². The molecule has 2 rings (SSSR count). The van der Waals surface area contributed by atoms with Gasteiger partial charge in [-0.15, -0.1) is 0 Å². The number of rotatable bonds is 2. The summed E-state index contributed by atoms with van der Waals surface area (Å²) in [6.07, 6.45) is 0.609. The third-order valence-corrected chi connectivity index (χ3v) is 3.44. The molecule has 1 aromatic rings. The molecule has 0 spiro atoms. The third kappa shape index (κ3) is 1.72. The number of carbonyl (C=O) groups is 1. The van der Waals surface area contributed by atoms with Gasteiger partial charge in [0, 0.05) is 5.56 Å². The molecule has 0 aromatic heterocycles. The fourth-order valence-corrected chi connectivity index (χ4v) is 2.45. The highest BCUT2D eigenvalue weighted by molar-refractivity contribution is 5.86. The van der Waals surface area contributed by atoms with Crippen LogP contribution < -0.4 is 0 Å². The van der Waals surface area contributed by atoms with Gasteiger partial charge in [0.25, 0.3) is 0 Å². The number of methoxy groups -OCH3 is 1. The van der Waals surface area contributed by atoms with Gasteiger partial charge in [-0.25, -0.2) is 8.78 Å². The van der Waals surface area contributed by atoms with E-state index in [1.807, 2.05) is 0 Å². The van der Waals surface area contributed by atoms with Crippen LogP contribution in [-0.4, -0.2) is 13.1 Å². The van der Waals surface area contributed by atoms with Crippen LogP contribution in [0.3, 0.4) is 0 Å². The number of allylic oxidation sites excluding steroid dienone is 1. The summed E-state index contributed by atoms with van der Waals surface area (Å²) < 4.78 is 32.3. The van der Waals surface area contributed by atoms with Gasteiger partial charge in [-0.3, -0.25) is 4.79 Å². The van der Waals surface area contributed by atoms with Crippen molar-refractivity contribution < 1.29 is 18.3 Å². The smallest absolute Gasteiger partial charge is 0.317 e. The van der Waals surface area contributed by atoms with Crippen LogP contribution in [0.1, 0.15) is 24.0 Å². The van der Waals surface area contributed by atoms with E-state index in [0.717, 1.165) is 17.7 Å². The minimum Gasteiger partial charge on any atom is -0.468 e. The van der Waals surface area contributed by atoms with E-state index in [-0.39, 0.29) is 11.1 Å². The van der Waals surface area contributed by atoms with Crippen LogP contribution in [0, 0.1) is 18.6 Å². The molecule has 1 aliphatic rings. The van der Waals surface area contributed by atoms with E-state index < -0.39 is 23.0 Å². The molecule has 96 valence electrons. The van der Waals surface area contributed by atoms with Crippen LogP contribution in [-0.2, 0) is 14.9 Å². The van der Waals surface area contributed by atoms with E-state index >= 15 is 0 Å². The summed E-state index contributed by atoms with van der Waals surface area (Å²) >= 11 is 0. The standard InChI is InChI=1S/C14H14F2O2/c1-8-6-14(7-8,13(17)18-3)10-5-11(15)9(2)4-12(10)16/h4-5H,1,6-7H2,2-3H3. The average Bonchev–Trinajstić information content (AvgIpc) is 2.29. The Balaban J connectivity index is 2.54. The number of benzene rings is 1. The summed E-state index contributed by atoms with van der Waals surface area (Å²) in [5, 5.41) is 0. The summed E-state index contributed by atoms with van der Waals surface area (Å²) in [6, 6.07) is 2.20. The lowest BCUT2D eigenvalue weighted by molar-refractivity contribution is -0.149. The highest BCUT2D eigenvalue weighted by Gasteiger charge is 2.50. The molecule has 0 bridgehead atoms. The molecule has 18 heavy (non-hydrogen) atoms. The van der Waals surface area contributed by atoms with E-state index in [1.165, 1.54) is 14.0 Å². The first-order valence-electron chi connectivity index (χ1n) is 5.62. The fraction of sp³-hybridized carbons (Fsp3) is 0.357. The largest absolute Gasteiger partial charge is 0.468 e. The van der Waals surface area contributed by atoms with Crippen molar-refractivity contribution in [3.05, 3.63) is 47.0 Å². The lowest BCUT2D eigenvalue weighted by Gasteiger charge is -2.41. The van der Waals surface area contributed by atoms with Crippen LogP contribution in [0.15, 0.2) is 24.3 Å². The van der Waals surface area contributed by atoms with E-state index in [9.17, 15) is 13.6 Å². The van der Waals surface area contributed by atoms with Gasteiger partial charge in [0.15, 0.2) is 0 Å². The Morgan fingerprint density at radius 2 is 1.94 bits per heavy atom. The van der Waals surface area contributed by atoms with E-state index in [2.05, 4.69) is 6.58 Å². The molecule has 4 heteroatoms. The molecular weight excluding hydrogens is 238 g/mol. The first kappa shape index (κ1) is 12.7. The lowest BCUT2D eigenvalue weighted by atomic mass is 9.62. The Hall–Kier alpha value is -1.71. The Morgan fingerprint density at radius 3 is 2.44 bits per heavy atom. The predicted molar refractivity (Wildman–Crippen MR) is 63.2 cm³/mol. The van der Waals surface area contributed by atoms with Crippen LogP contribution >= 0.6 is 0 Å². The van der Waals surface area contributed by atoms with Crippen molar-refractivity contribution in [3.8, 4) is 0 Å². The molecule has 1 aromatic carbocycles. The van der Waals surface area contributed by atoms with Crippen LogP contribution in [0.5, 0.6) is 0 Å². The maximum absolute atomic E-state index is 14.0. The summed E-state index contributed by atoms with van der Waals surface area (Å²) in [5.74, 6) is -1.64. The SMILES string of the molecule is C=C1CC(C(=O)OC)(c2cc(F)c(C)cc2F)C1. The highest BCUT2D eigenvalue weighted by Crippen LogP contribution is 2.48. The number of esters is 1. The second kappa shape index (κ2) is 4.19. The molecule has 0 N–H and O–H groups in total. The molecule has 1 fully saturated rings. The Kier molecular flexibility index (Phi) is 2.97. The molecule has 1 saturated carbocycles. The normalized spacial score (nSPS) is 17.2. The van der Waals surface area contributed by atoms with Crippen molar-refractivity contribution in [1.29, 1.82) is 0 Å². The molecule has 0 aliphatic heterocycles. The molecule has 0 heterocycles.